The van der Waals surface area contributed by atoms with Gasteiger partial charge in [0, 0.05) is 13.1 Å². The summed E-state index contributed by atoms with van der Waals surface area (Å²) in [5.41, 5.74) is 0. The fourth-order valence-corrected chi connectivity index (χ4v) is 3.76. The van der Waals surface area contributed by atoms with Crippen molar-refractivity contribution in [2.24, 2.45) is 11.8 Å². The van der Waals surface area contributed by atoms with Crippen LogP contribution >= 0.6 is 11.3 Å². The minimum Gasteiger partial charge on any atom is -0.356 e. The maximum Gasteiger partial charge on any atom is 0.140 e. The van der Waals surface area contributed by atoms with Crippen molar-refractivity contribution in [1.29, 1.82) is 0 Å². The van der Waals surface area contributed by atoms with Gasteiger partial charge in [-0.25, -0.2) is 9.97 Å². The Morgan fingerprint density at radius 3 is 3.19 bits per heavy atom. The molecule has 0 bridgehead atoms. The molecule has 114 valence electrons. The molecule has 0 saturated carbocycles. The predicted molar refractivity (Wildman–Crippen MR) is 90.1 cm³/mol. The number of aromatic nitrogens is 2. The standard InChI is InChI=1S/C16H24N4S/c1-12(2)8-17-9-13-4-3-6-20(10-13)15-14-5-7-21-16(14)19-11-18-15/h5,7,11-13,17H,3-4,6,8-10H2,1-2H3. The average Bonchev–Trinajstić information content (AvgIpc) is 2.95. The Balaban J connectivity index is 1.67. The van der Waals surface area contributed by atoms with Gasteiger partial charge in [-0.3, -0.25) is 0 Å². The quantitative estimate of drug-likeness (QED) is 0.921. The van der Waals surface area contributed by atoms with E-state index in [-0.39, 0.29) is 0 Å². The molecule has 21 heavy (non-hydrogen) atoms. The molecule has 0 amide bonds. The largest absolute Gasteiger partial charge is 0.356 e. The second-order valence-corrected chi connectivity index (χ2v) is 7.24. The van der Waals surface area contributed by atoms with Gasteiger partial charge in [0.05, 0.1) is 5.39 Å². The number of hydrogen-bond acceptors (Lipinski definition) is 5. The summed E-state index contributed by atoms with van der Waals surface area (Å²) in [6.45, 7) is 8.96. The highest BCUT2D eigenvalue weighted by atomic mass is 32.1. The molecular formula is C16H24N4S. The fourth-order valence-electron chi connectivity index (χ4n) is 3.03. The first-order chi connectivity index (χ1) is 10.2. The Morgan fingerprint density at radius 1 is 1.43 bits per heavy atom. The van der Waals surface area contributed by atoms with E-state index in [4.69, 9.17) is 0 Å². The molecule has 1 aliphatic heterocycles. The van der Waals surface area contributed by atoms with E-state index in [9.17, 15) is 0 Å². The topological polar surface area (TPSA) is 41.0 Å². The van der Waals surface area contributed by atoms with Gasteiger partial charge in [-0.05, 0) is 49.2 Å². The third-order valence-electron chi connectivity index (χ3n) is 4.04. The second-order valence-electron chi connectivity index (χ2n) is 6.34. The van der Waals surface area contributed by atoms with Crippen molar-refractivity contribution in [1.82, 2.24) is 15.3 Å². The number of rotatable bonds is 5. The van der Waals surface area contributed by atoms with Gasteiger partial charge in [0.25, 0.3) is 0 Å². The number of piperidine rings is 1. The summed E-state index contributed by atoms with van der Waals surface area (Å²) in [6.07, 6.45) is 4.28. The van der Waals surface area contributed by atoms with Gasteiger partial charge in [-0.1, -0.05) is 13.8 Å². The smallest absolute Gasteiger partial charge is 0.140 e. The van der Waals surface area contributed by atoms with E-state index >= 15 is 0 Å². The molecular weight excluding hydrogens is 280 g/mol. The number of fused-ring (bicyclic) bond motifs is 1. The van der Waals surface area contributed by atoms with Gasteiger partial charge >= 0.3 is 0 Å². The monoisotopic (exact) mass is 304 g/mol. The summed E-state index contributed by atoms with van der Waals surface area (Å²) >= 11 is 1.69. The van der Waals surface area contributed by atoms with Crippen molar-refractivity contribution in [3.63, 3.8) is 0 Å². The molecule has 4 nitrogen and oxygen atoms in total. The highest BCUT2D eigenvalue weighted by Crippen LogP contribution is 2.29. The van der Waals surface area contributed by atoms with Crippen LogP contribution in [0.15, 0.2) is 17.8 Å². The van der Waals surface area contributed by atoms with Crippen LogP contribution in [0.2, 0.25) is 0 Å². The maximum absolute atomic E-state index is 4.55. The van der Waals surface area contributed by atoms with E-state index in [1.165, 1.54) is 18.2 Å². The molecule has 0 aromatic carbocycles. The van der Waals surface area contributed by atoms with Crippen LogP contribution in [-0.2, 0) is 0 Å². The van der Waals surface area contributed by atoms with Gasteiger partial charge in [0.2, 0.25) is 0 Å². The maximum atomic E-state index is 4.55. The molecule has 5 heteroatoms. The van der Waals surface area contributed by atoms with Crippen molar-refractivity contribution in [2.45, 2.75) is 26.7 Å². The van der Waals surface area contributed by atoms with Crippen LogP contribution in [0.3, 0.4) is 0 Å². The summed E-state index contributed by atoms with van der Waals surface area (Å²) in [5.74, 6) is 2.56. The van der Waals surface area contributed by atoms with Crippen LogP contribution in [-0.4, -0.2) is 36.1 Å². The first kappa shape index (κ1) is 14.7. The summed E-state index contributed by atoms with van der Waals surface area (Å²) < 4.78 is 0. The lowest BCUT2D eigenvalue weighted by atomic mass is 9.97. The van der Waals surface area contributed by atoms with Gasteiger partial charge in [-0.2, -0.15) is 0 Å². The van der Waals surface area contributed by atoms with Gasteiger partial charge in [0.1, 0.15) is 17.0 Å². The molecule has 2 aromatic heterocycles. The second kappa shape index (κ2) is 6.71. The highest BCUT2D eigenvalue weighted by molar-refractivity contribution is 7.16. The molecule has 1 saturated heterocycles. The highest BCUT2D eigenvalue weighted by Gasteiger charge is 2.22. The lowest BCUT2D eigenvalue weighted by Gasteiger charge is -2.34. The molecule has 0 aliphatic carbocycles. The summed E-state index contributed by atoms with van der Waals surface area (Å²) in [6, 6.07) is 2.15. The number of nitrogens with one attached hydrogen (secondary N) is 1. The van der Waals surface area contributed by atoms with Crippen LogP contribution in [0.1, 0.15) is 26.7 Å². The first-order valence-corrected chi connectivity index (χ1v) is 8.76. The van der Waals surface area contributed by atoms with E-state index in [2.05, 4.69) is 45.5 Å². The fraction of sp³-hybridized carbons (Fsp3) is 0.625. The average molecular weight is 304 g/mol. The lowest BCUT2D eigenvalue weighted by Crippen LogP contribution is -2.40. The molecule has 1 aliphatic rings. The minimum absolute atomic E-state index is 0.719. The van der Waals surface area contributed by atoms with E-state index in [1.54, 1.807) is 17.7 Å². The Bertz CT molecular complexity index is 580. The number of hydrogen-bond donors (Lipinski definition) is 1. The van der Waals surface area contributed by atoms with E-state index < -0.39 is 0 Å². The van der Waals surface area contributed by atoms with Crippen LogP contribution in [0.4, 0.5) is 5.82 Å². The van der Waals surface area contributed by atoms with E-state index in [0.717, 1.165) is 48.7 Å². The SMILES string of the molecule is CC(C)CNCC1CCCN(c2ncnc3sccc23)C1. The predicted octanol–water partition coefficient (Wildman–Crippen LogP) is 3.15. The Morgan fingerprint density at radius 2 is 2.33 bits per heavy atom. The van der Waals surface area contributed by atoms with Gasteiger partial charge < -0.3 is 10.2 Å². The molecule has 3 heterocycles. The van der Waals surface area contributed by atoms with Gasteiger partial charge in [-0.15, -0.1) is 11.3 Å². The van der Waals surface area contributed by atoms with Crippen LogP contribution in [0.25, 0.3) is 10.2 Å². The summed E-state index contributed by atoms with van der Waals surface area (Å²) in [4.78, 5) is 12.4. The molecule has 3 rings (SSSR count). The Labute approximate surface area is 130 Å². The van der Waals surface area contributed by atoms with Crippen molar-refractivity contribution >= 4 is 27.4 Å². The van der Waals surface area contributed by atoms with Gasteiger partial charge in [0.15, 0.2) is 0 Å². The molecule has 1 atom stereocenters. The Hall–Kier alpha value is -1.20. The van der Waals surface area contributed by atoms with Crippen molar-refractivity contribution < 1.29 is 0 Å². The third kappa shape index (κ3) is 3.52. The molecule has 1 N–H and O–H groups in total. The number of anilines is 1. The lowest BCUT2D eigenvalue weighted by molar-refractivity contribution is 0.381. The van der Waals surface area contributed by atoms with E-state index in [1.807, 2.05) is 0 Å². The zero-order chi connectivity index (χ0) is 14.7. The van der Waals surface area contributed by atoms with Crippen LogP contribution in [0.5, 0.6) is 0 Å². The summed E-state index contributed by atoms with van der Waals surface area (Å²) in [5, 5.41) is 6.91. The first-order valence-electron chi connectivity index (χ1n) is 7.88. The molecule has 2 aromatic rings. The third-order valence-corrected chi connectivity index (χ3v) is 4.87. The van der Waals surface area contributed by atoms with Crippen LogP contribution in [0, 0.1) is 11.8 Å². The Kier molecular flexibility index (Phi) is 4.70. The normalized spacial score (nSPS) is 19.6. The molecule has 1 unspecified atom stereocenters. The number of nitrogens with zero attached hydrogens (tertiary/aromatic N) is 3. The zero-order valence-electron chi connectivity index (χ0n) is 12.9. The molecule has 0 spiro atoms. The van der Waals surface area contributed by atoms with Crippen molar-refractivity contribution in [3.05, 3.63) is 17.8 Å². The number of thiophene rings is 1. The zero-order valence-corrected chi connectivity index (χ0v) is 13.7. The van der Waals surface area contributed by atoms with Crippen molar-refractivity contribution in [3.8, 4) is 0 Å². The van der Waals surface area contributed by atoms with Crippen LogP contribution < -0.4 is 10.2 Å². The molecule has 0 radical (unpaired) electrons. The van der Waals surface area contributed by atoms with Crippen molar-refractivity contribution in [2.75, 3.05) is 31.1 Å². The minimum atomic E-state index is 0.719. The summed E-state index contributed by atoms with van der Waals surface area (Å²) in [7, 11) is 0. The molecule has 1 fully saturated rings. The van der Waals surface area contributed by atoms with E-state index in [0.29, 0.717) is 0 Å².